The summed E-state index contributed by atoms with van der Waals surface area (Å²) in [5.74, 6) is 0. The van der Waals surface area contributed by atoms with Crippen molar-refractivity contribution in [3.63, 3.8) is 0 Å². The molecule has 5 heteroatoms. The van der Waals surface area contributed by atoms with Gasteiger partial charge in [0.05, 0.1) is 6.04 Å². The molecule has 0 atom stereocenters. The van der Waals surface area contributed by atoms with E-state index in [1.54, 1.807) is 6.07 Å². The molecule has 1 saturated heterocycles. The zero-order valence-electron chi connectivity index (χ0n) is 12.1. The number of para-hydroxylation sites is 1. The van der Waals surface area contributed by atoms with Gasteiger partial charge in [-0.15, -0.1) is 0 Å². The van der Waals surface area contributed by atoms with Crippen LogP contribution in [0.25, 0.3) is 0 Å². The number of anilines is 1. The van der Waals surface area contributed by atoms with Crippen molar-refractivity contribution in [2.45, 2.75) is 32.4 Å². The van der Waals surface area contributed by atoms with Crippen LogP contribution < -0.4 is 10.2 Å². The standard InChI is InChI=1S/C15H20N2O3/c1-15(2,3)20-14(19)16-12-8-17(9-12)13-7-5-4-6-11(13)10-18/h4-7,10,12H,8-9H2,1-3H3,(H,16,19). The first-order valence-electron chi connectivity index (χ1n) is 6.68. The second-order valence-corrected chi connectivity index (χ2v) is 5.92. The van der Waals surface area contributed by atoms with Gasteiger partial charge in [-0.25, -0.2) is 4.79 Å². The summed E-state index contributed by atoms with van der Waals surface area (Å²) in [5.41, 5.74) is 1.09. The van der Waals surface area contributed by atoms with Crippen LogP contribution in [-0.2, 0) is 4.74 Å². The van der Waals surface area contributed by atoms with E-state index in [1.807, 2.05) is 39.0 Å². The van der Waals surface area contributed by atoms with Crippen LogP contribution >= 0.6 is 0 Å². The average Bonchev–Trinajstić information content (AvgIpc) is 2.31. The summed E-state index contributed by atoms with van der Waals surface area (Å²) in [4.78, 5) is 24.7. The average molecular weight is 276 g/mol. The molecule has 0 bridgehead atoms. The largest absolute Gasteiger partial charge is 0.444 e. The lowest BCUT2D eigenvalue weighted by Crippen LogP contribution is -2.60. The number of rotatable bonds is 3. The number of aldehydes is 1. The first-order valence-corrected chi connectivity index (χ1v) is 6.68. The van der Waals surface area contributed by atoms with E-state index in [4.69, 9.17) is 4.74 Å². The van der Waals surface area contributed by atoms with E-state index < -0.39 is 11.7 Å². The fourth-order valence-electron chi connectivity index (χ4n) is 2.12. The second kappa shape index (κ2) is 5.53. The predicted octanol–water partition coefficient (Wildman–Crippen LogP) is 2.21. The lowest BCUT2D eigenvalue weighted by molar-refractivity contribution is 0.0496. The number of carbonyl (C=O) groups excluding carboxylic acids is 2. The van der Waals surface area contributed by atoms with Crippen LogP contribution in [0.5, 0.6) is 0 Å². The molecule has 0 aromatic heterocycles. The summed E-state index contributed by atoms with van der Waals surface area (Å²) in [6.45, 7) is 6.87. The summed E-state index contributed by atoms with van der Waals surface area (Å²) in [5, 5.41) is 2.82. The molecule has 1 aliphatic heterocycles. The number of hydrogen-bond donors (Lipinski definition) is 1. The molecule has 0 saturated carbocycles. The summed E-state index contributed by atoms with van der Waals surface area (Å²) in [6.07, 6.45) is 0.454. The van der Waals surface area contributed by atoms with E-state index in [2.05, 4.69) is 10.2 Å². The van der Waals surface area contributed by atoms with Gasteiger partial charge in [0.25, 0.3) is 0 Å². The summed E-state index contributed by atoms with van der Waals surface area (Å²) in [6, 6.07) is 7.50. The highest BCUT2D eigenvalue weighted by molar-refractivity contribution is 5.85. The third-order valence-corrected chi connectivity index (χ3v) is 3.01. The summed E-state index contributed by atoms with van der Waals surface area (Å²) >= 11 is 0. The minimum absolute atomic E-state index is 0.0598. The molecule has 0 radical (unpaired) electrons. The van der Waals surface area contributed by atoms with Crippen molar-refractivity contribution < 1.29 is 14.3 Å². The molecule has 2 rings (SSSR count). The SMILES string of the molecule is CC(C)(C)OC(=O)NC1CN(c2ccccc2C=O)C1. The van der Waals surface area contributed by atoms with E-state index in [0.29, 0.717) is 18.7 Å². The van der Waals surface area contributed by atoms with Crippen molar-refractivity contribution >= 4 is 18.1 Å². The fraction of sp³-hybridized carbons (Fsp3) is 0.467. The quantitative estimate of drug-likeness (QED) is 0.860. The Bertz CT molecular complexity index is 502. The Hall–Kier alpha value is -2.04. The Kier molecular flexibility index (Phi) is 3.97. The molecule has 5 nitrogen and oxygen atoms in total. The number of alkyl carbamates (subject to hydrolysis) is 1. The smallest absolute Gasteiger partial charge is 0.407 e. The Morgan fingerprint density at radius 1 is 1.35 bits per heavy atom. The van der Waals surface area contributed by atoms with Gasteiger partial charge in [0.1, 0.15) is 5.60 Å². The van der Waals surface area contributed by atoms with E-state index in [1.165, 1.54) is 0 Å². The highest BCUT2D eigenvalue weighted by Gasteiger charge is 2.30. The van der Waals surface area contributed by atoms with Crippen LogP contribution in [0.4, 0.5) is 10.5 Å². The lowest BCUT2D eigenvalue weighted by Gasteiger charge is -2.41. The van der Waals surface area contributed by atoms with Gasteiger partial charge >= 0.3 is 6.09 Å². The monoisotopic (exact) mass is 276 g/mol. The zero-order chi connectivity index (χ0) is 14.8. The van der Waals surface area contributed by atoms with Gasteiger partial charge in [0.15, 0.2) is 6.29 Å². The van der Waals surface area contributed by atoms with Gasteiger partial charge < -0.3 is 15.0 Å². The normalized spacial score (nSPS) is 15.4. The van der Waals surface area contributed by atoms with Crippen LogP contribution in [0.1, 0.15) is 31.1 Å². The maximum atomic E-state index is 11.6. The fourth-order valence-corrected chi connectivity index (χ4v) is 2.12. The minimum atomic E-state index is -0.488. The summed E-state index contributed by atoms with van der Waals surface area (Å²) < 4.78 is 5.21. The first-order chi connectivity index (χ1) is 9.39. The van der Waals surface area contributed by atoms with Crippen molar-refractivity contribution in [2.75, 3.05) is 18.0 Å². The van der Waals surface area contributed by atoms with Crippen LogP contribution in [0, 0.1) is 0 Å². The molecular formula is C15H20N2O3. The van der Waals surface area contributed by atoms with Gasteiger partial charge in [-0.3, -0.25) is 4.79 Å². The Balaban J connectivity index is 1.86. The molecule has 108 valence electrons. The molecule has 0 aliphatic carbocycles. The number of carbonyl (C=O) groups is 2. The topological polar surface area (TPSA) is 58.6 Å². The molecule has 1 heterocycles. The molecule has 1 N–H and O–H groups in total. The maximum Gasteiger partial charge on any atom is 0.407 e. The Morgan fingerprint density at radius 3 is 2.60 bits per heavy atom. The van der Waals surface area contributed by atoms with Gasteiger partial charge in [-0.2, -0.15) is 0 Å². The molecular weight excluding hydrogens is 256 g/mol. The van der Waals surface area contributed by atoms with Crippen molar-refractivity contribution in [2.24, 2.45) is 0 Å². The molecule has 1 aromatic rings. The first kappa shape index (κ1) is 14.4. The maximum absolute atomic E-state index is 11.6. The van der Waals surface area contributed by atoms with Crippen LogP contribution in [-0.4, -0.2) is 37.1 Å². The van der Waals surface area contributed by atoms with Crippen molar-refractivity contribution in [3.8, 4) is 0 Å². The number of benzene rings is 1. The number of nitrogens with zero attached hydrogens (tertiary/aromatic N) is 1. The van der Waals surface area contributed by atoms with E-state index >= 15 is 0 Å². The minimum Gasteiger partial charge on any atom is -0.444 e. The molecule has 0 unspecified atom stereocenters. The van der Waals surface area contributed by atoms with E-state index in [-0.39, 0.29) is 6.04 Å². The van der Waals surface area contributed by atoms with E-state index in [0.717, 1.165) is 12.0 Å². The summed E-state index contributed by atoms with van der Waals surface area (Å²) in [7, 11) is 0. The van der Waals surface area contributed by atoms with Crippen molar-refractivity contribution in [1.29, 1.82) is 0 Å². The van der Waals surface area contributed by atoms with Crippen LogP contribution in [0.2, 0.25) is 0 Å². The predicted molar refractivity (Wildman–Crippen MR) is 77.2 cm³/mol. The number of nitrogens with one attached hydrogen (secondary N) is 1. The highest BCUT2D eigenvalue weighted by atomic mass is 16.6. The zero-order valence-corrected chi connectivity index (χ0v) is 12.1. The molecule has 1 fully saturated rings. The molecule has 1 amide bonds. The number of amides is 1. The highest BCUT2D eigenvalue weighted by Crippen LogP contribution is 2.24. The van der Waals surface area contributed by atoms with Crippen LogP contribution in [0.15, 0.2) is 24.3 Å². The molecule has 1 aliphatic rings. The molecule has 20 heavy (non-hydrogen) atoms. The van der Waals surface area contributed by atoms with Gasteiger partial charge in [0.2, 0.25) is 0 Å². The molecule has 0 spiro atoms. The van der Waals surface area contributed by atoms with Gasteiger partial charge in [-0.05, 0) is 32.9 Å². The van der Waals surface area contributed by atoms with Crippen molar-refractivity contribution in [3.05, 3.63) is 29.8 Å². The Labute approximate surface area is 118 Å². The Morgan fingerprint density at radius 2 is 2.00 bits per heavy atom. The van der Waals surface area contributed by atoms with Crippen molar-refractivity contribution in [1.82, 2.24) is 5.32 Å². The van der Waals surface area contributed by atoms with Crippen LogP contribution in [0.3, 0.4) is 0 Å². The number of hydrogen-bond acceptors (Lipinski definition) is 4. The van der Waals surface area contributed by atoms with Gasteiger partial charge in [0, 0.05) is 24.3 Å². The third kappa shape index (κ3) is 3.50. The van der Waals surface area contributed by atoms with Gasteiger partial charge in [-0.1, -0.05) is 12.1 Å². The van der Waals surface area contributed by atoms with E-state index in [9.17, 15) is 9.59 Å². The lowest BCUT2D eigenvalue weighted by atomic mass is 10.1. The third-order valence-electron chi connectivity index (χ3n) is 3.01. The molecule has 1 aromatic carbocycles. The second-order valence-electron chi connectivity index (χ2n) is 5.92. The number of ether oxygens (including phenoxy) is 1.